The summed E-state index contributed by atoms with van der Waals surface area (Å²) in [6, 6.07) is 0. The Balaban J connectivity index is 1.54. The normalized spacial score (nSPS) is 37.4. The van der Waals surface area contributed by atoms with Crippen molar-refractivity contribution in [3.05, 3.63) is 11.6 Å². The van der Waals surface area contributed by atoms with Crippen molar-refractivity contribution in [2.45, 2.75) is 51.0 Å². The van der Waals surface area contributed by atoms with Crippen molar-refractivity contribution < 1.29 is 18.9 Å². The van der Waals surface area contributed by atoms with Crippen LogP contribution in [0, 0.1) is 0 Å². The van der Waals surface area contributed by atoms with E-state index in [1.807, 2.05) is 6.92 Å². The third kappa shape index (κ3) is 2.02. The van der Waals surface area contributed by atoms with Gasteiger partial charge in [0.05, 0.1) is 13.2 Å². The van der Waals surface area contributed by atoms with Crippen LogP contribution < -0.4 is 0 Å². The lowest BCUT2D eigenvalue weighted by molar-refractivity contribution is -0.354. The fourth-order valence-corrected chi connectivity index (χ4v) is 2.56. The Bertz CT molecular complexity index is 275. The molecule has 0 bridgehead atoms. The third-order valence-electron chi connectivity index (χ3n) is 3.49. The monoisotopic (exact) mass is 226 g/mol. The van der Waals surface area contributed by atoms with Gasteiger partial charge in [-0.05, 0) is 25.8 Å². The Hall–Kier alpha value is -0.420. The van der Waals surface area contributed by atoms with E-state index >= 15 is 0 Å². The van der Waals surface area contributed by atoms with E-state index in [0.717, 1.165) is 38.9 Å². The number of hydrogen-bond donors (Lipinski definition) is 0. The fraction of sp³-hybridized carbons (Fsp3) is 0.833. The van der Waals surface area contributed by atoms with Gasteiger partial charge in [0.15, 0.2) is 18.4 Å². The second-order valence-electron chi connectivity index (χ2n) is 4.64. The first-order valence-corrected chi connectivity index (χ1v) is 6.04. The van der Waals surface area contributed by atoms with Crippen molar-refractivity contribution in [1.82, 2.24) is 0 Å². The maximum absolute atomic E-state index is 5.68. The van der Waals surface area contributed by atoms with Gasteiger partial charge < -0.3 is 18.9 Å². The number of rotatable bonds is 1. The molecule has 0 atom stereocenters. The summed E-state index contributed by atoms with van der Waals surface area (Å²) in [5.41, 5.74) is 1.40. The molecule has 90 valence electrons. The number of hydrogen-bond acceptors (Lipinski definition) is 4. The van der Waals surface area contributed by atoms with E-state index in [0.29, 0.717) is 0 Å². The van der Waals surface area contributed by atoms with Gasteiger partial charge >= 0.3 is 0 Å². The van der Waals surface area contributed by atoms with Gasteiger partial charge in [0.2, 0.25) is 0 Å². The summed E-state index contributed by atoms with van der Waals surface area (Å²) < 4.78 is 22.2. The SMILES string of the molecule is CC1OC(C=C2CCC3(CC2)OCCO3)O1. The Kier molecular flexibility index (Phi) is 2.75. The van der Waals surface area contributed by atoms with Crippen molar-refractivity contribution in [3.8, 4) is 0 Å². The van der Waals surface area contributed by atoms with Crippen molar-refractivity contribution >= 4 is 0 Å². The molecule has 2 heterocycles. The lowest BCUT2D eigenvalue weighted by Gasteiger charge is -2.35. The van der Waals surface area contributed by atoms with E-state index in [1.165, 1.54) is 5.57 Å². The minimum atomic E-state index is -0.272. The summed E-state index contributed by atoms with van der Waals surface area (Å²) >= 11 is 0. The van der Waals surface area contributed by atoms with Crippen LogP contribution in [0.4, 0.5) is 0 Å². The van der Waals surface area contributed by atoms with Crippen molar-refractivity contribution in [3.63, 3.8) is 0 Å². The van der Waals surface area contributed by atoms with E-state index < -0.39 is 0 Å². The van der Waals surface area contributed by atoms with E-state index in [2.05, 4.69) is 6.08 Å². The molecule has 0 aromatic carbocycles. The van der Waals surface area contributed by atoms with Gasteiger partial charge in [-0.25, -0.2) is 0 Å². The van der Waals surface area contributed by atoms with Crippen LogP contribution in [0.15, 0.2) is 11.6 Å². The highest BCUT2D eigenvalue weighted by molar-refractivity contribution is 5.09. The summed E-state index contributed by atoms with van der Waals surface area (Å²) in [5.74, 6) is -0.272. The summed E-state index contributed by atoms with van der Waals surface area (Å²) in [4.78, 5) is 0. The summed E-state index contributed by atoms with van der Waals surface area (Å²) in [6.45, 7) is 3.39. The lowest BCUT2D eigenvalue weighted by atomic mass is 9.89. The molecule has 0 N–H and O–H groups in total. The largest absolute Gasteiger partial charge is 0.348 e. The summed E-state index contributed by atoms with van der Waals surface area (Å²) in [7, 11) is 0. The van der Waals surface area contributed by atoms with Crippen LogP contribution in [0.25, 0.3) is 0 Å². The van der Waals surface area contributed by atoms with Gasteiger partial charge in [0.25, 0.3) is 0 Å². The van der Waals surface area contributed by atoms with Gasteiger partial charge in [0.1, 0.15) is 0 Å². The predicted molar refractivity (Wildman–Crippen MR) is 56.6 cm³/mol. The van der Waals surface area contributed by atoms with Gasteiger partial charge in [-0.15, -0.1) is 0 Å². The zero-order valence-electron chi connectivity index (χ0n) is 9.61. The van der Waals surface area contributed by atoms with Gasteiger partial charge in [-0.3, -0.25) is 0 Å². The molecule has 0 aromatic rings. The summed E-state index contributed by atoms with van der Waals surface area (Å²) in [5, 5.41) is 0. The average Bonchev–Trinajstić information content (AvgIpc) is 2.68. The maximum atomic E-state index is 5.68. The van der Waals surface area contributed by atoms with Crippen LogP contribution in [0.5, 0.6) is 0 Å². The fourth-order valence-electron chi connectivity index (χ4n) is 2.56. The second kappa shape index (κ2) is 4.11. The lowest BCUT2D eigenvalue weighted by Crippen LogP contribution is -2.38. The average molecular weight is 226 g/mol. The highest BCUT2D eigenvalue weighted by Crippen LogP contribution is 2.38. The van der Waals surface area contributed by atoms with Gasteiger partial charge in [0, 0.05) is 12.8 Å². The topological polar surface area (TPSA) is 36.9 Å². The molecular weight excluding hydrogens is 208 g/mol. The predicted octanol–water partition coefficient (Wildman–Crippen LogP) is 1.95. The van der Waals surface area contributed by atoms with E-state index in [-0.39, 0.29) is 18.4 Å². The van der Waals surface area contributed by atoms with Crippen LogP contribution in [-0.2, 0) is 18.9 Å². The highest BCUT2D eigenvalue weighted by atomic mass is 16.9. The van der Waals surface area contributed by atoms with Crippen LogP contribution in [0.3, 0.4) is 0 Å². The molecule has 16 heavy (non-hydrogen) atoms. The molecule has 3 fully saturated rings. The van der Waals surface area contributed by atoms with Crippen LogP contribution in [0.2, 0.25) is 0 Å². The molecule has 1 spiro atoms. The molecule has 4 nitrogen and oxygen atoms in total. The van der Waals surface area contributed by atoms with Gasteiger partial charge in [-0.1, -0.05) is 5.57 Å². The zero-order valence-corrected chi connectivity index (χ0v) is 9.61. The summed E-state index contributed by atoms with van der Waals surface area (Å²) in [6.07, 6.45) is 5.90. The second-order valence-corrected chi connectivity index (χ2v) is 4.64. The smallest absolute Gasteiger partial charge is 0.183 e. The quantitative estimate of drug-likeness (QED) is 0.640. The minimum absolute atomic E-state index is 0.0433. The third-order valence-corrected chi connectivity index (χ3v) is 3.49. The van der Waals surface area contributed by atoms with Crippen LogP contribution in [-0.4, -0.2) is 31.6 Å². The van der Waals surface area contributed by atoms with E-state index in [1.54, 1.807) is 0 Å². The first-order chi connectivity index (χ1) is 7.76. The number of allylic oxidation sites excluding steroid dienone is 1. The first kappa shape index (κ1) is 10.7. The Labute approximate surface area is 95.5 Å². The standard InChI is InChI=1S/C12H18O4/c1-9-15-11(16-9)8-10-2-4-12(5-3-10)13-6-7-14-12/h8-9,11H,2-7H2,1H3. The van der Waals surface area contributed by atoms with Crippen LogP contribution in [0.1, 0.15) is 32.6 Å². The molecule has 0 radical (unpaired) electrons. The Morgan fingerprint density at radius 1 is 1.12 bits per heavy atom. The Morgan fingerprint density at radius 2 is 1.75 bits per heavy atom. The first-order valence-electron chi connectivity index (χ1n) is 6.04. The molecule has 2 saturated heterocycles. The molecule has 0 amide bonds. The molecule has 2 aliphatic heterocycles. The minimum Gasteiger partial charge on any atom is -0.348 e. The van der Waals surface area contributed by atoms with Crippen molar-refractivity contribution in [2.75, 3.05) is 13.2 Å². The molecular formula is C12H18O4. The molecule has 1 saturated carbocycles. The molecule has 3 rings (SSSR count). The molecule has 4 heteroatoms. The molecule has 3 aliphatic rings. The van der Waals surface area contributed by atoms with Crippen molar-refractivity contribution in [2.24, 2.45) is 0 Å². The van der Waals surface area contributed by atoms with Crippen LogP contribution >= 0.6 is 0 Å². The van der Waals surface area contributed by atoms with Crippen molar-refractivity contribution in [1.29, 1.82) is 0 Å². The number of ether oxygens (including phenoxy) is 4. The molecule has 0 unspecified atom stereocenters. The molecule has 1 aliphatic carbocycles. The van der Waals surface area contributed by atoms with E-state index in [9.17, 15) is 0 Å². The Morgan fingerprint density at radius 3 is 2.31 bits per heavy atom. The zero-order chi connectivity index (χ0) is 11.0. The van der Waals surface area contributed by atoms with E-state index in [4.69, 9.17) is 18.9 Å². The molecule has 0 aromatic heterocycles. The van der Waals surface area contributed by atoms with Gasteiger partial charge in [-0.2, -0.15) is 0 Å². The highest BCUT2D eigenvalue weighted by Gasteiger charge is 2.39. The maximum Gasteiger partial charge on any atom is 0.183 e.